The summed E-state index contributed by atoms with van der Waals surface area (Å²) in [6, 6.07) is 18.3. The predicted molar refractivity (Wildman–Crippen MR) is 124 cm³/mol. The Morgan fingerprint density at radius 2 is 1.58 bits per heavy atom. The standard InChI is InChI=1S/C25H21ClF6N2O2/c26-18-10-8-17(9-11-18)22-14-33(13-16-4-3-5-19(12-16)36-25(30,31)32)20-6-1-2-7-21(20)34(22)15-23(35)24(27,28)29/h1-12,22-23,35H,13-15H2/t22-,23+/m0/s1. The van der Waals surface area contributed by atoms with Gasteiger partial charge in [-0.3, -0.25) is 0 Å². The molecule has 0 amide bonds. The number of alkyl halides is 6. The molecular weight excluding hydrogens is 510 g/mol. The minimum Gasteiger partial charge on any atom is -0.406 e. The molecule has 192 valence electrons. The fourth-order valence-electron chi connectivity index (χ4n) is 4.24. The third-order valence-electron chi connectivity index (χ3n) is 5.81. The Labute approximate surface area is 208 Å². The summed E-state index contributed by atoms with van der Waals surface area (Å²) in [6.45, 7) is -0.323. The molecule has 0 saturated heterocycles. The monoisotopic (exact) mass is 530 g/mol. The third-order valence-corrected chi connectivity index (χ3v) is 6.06. The van der Waals surface area contributed by atoms with Crippen LogP contribution in [0.15, 0.2) is 72.8 Å². The summed E-state index contributed by atoms with van der Waals surface area (Å²) in [4.78, 5) is 3.37. The van der Waals surface area contributed by atoms with Gasteiger partial charge in [0.25, 0.3) is 0 Å². The highest BCUT2D eigenvalue weighted by molar-refractivity contribution is 6.30. The molecule has 1 aliphatic rings. The summed E-state index contributed by atoms with van der Waals surface area (Å²) in [5.41, 5.74) is 2.22. The molecule has 1 aliphatic heterocycles. The smallest absolute Gasteiger partial charge is 0.406 e. The number of anilines is 2. The van der Waals surface area contributed by atoms with Gasteiger partial charge in [-0.05, 0) is 47.5 Å². The number of aliphatic hydroxyl groups is 1. The minimum absolute atomic E-state index is 0.172. The maximum atomic E-state index is 13.3. The van der Waals surface area contributed by atoms with Gasteiger partial charge >= 0.3 is 12.5 Å². The lowest BCUT2D eigenvalue weighted by Crippen LogP contribution is -2.49. The van der Waals surface area contributed by atoms with Crippen LogP contribution in [0.3, 0.4) is 0 Å². The number of halogens is 7. The van der Waals surface area contributed by atoms with E-state index in [-0.39, 0.29) is 18.8 Å². The van der Waals surface area contributed by atoms with E-state index in [1.807, 2.05) is 4.90 Å². The second kappa shape index (κ2) is 10.1. The van der Waals surface area contributed by atoms with Gasteiger partial charge in [-0.15, -0.1) is 13.2 Å². The Hall–Kier alpha value is -3.11. The van der Waals surface area contributed by atoms with Crippen molar-refractivity contribution in [3.8, 4) is 5.75 Å². The van der Waals surface area contributed by atoms with Crippen LogP contribution < -0.4 is 14.5 Å². The van der Waals surface area contributed by atoms with E-state index < -0.39 is 31.2 Å². The quantitative estimate of drug-likeness (QED) is 0.359. The molecule has 36 heavy (non-hydrogen) atoms. The molecule has 0 aromatic heterocycles. The zero-order valence-corrected chi connectivity index (χ0v) is 19.4. The fraction of sp³-hybridized carbons (Fsp3) is 0.280. The van der Waals surface area contributed by atoms with Crippen LogP contribution in [-0.2, 0) is 6.54 Å². The van der Waals surface area contributed by atoms with Gasteiger partial charge in [-0.1, -0.05) is 48.0 Å². The lowest BCUT2D eigenvalue weighted by Gasteiger charge is -2.45. The summed E-state index contributed by atoms with van der Waals surface area (Å²) in [5, 5.41) is 10.3. The molecule has 0 unspecified atom stereocenters. The molecule has 0 radical (unpaired) electrons. The molecule has 0 fully saturated rings. The number of ether oxygens (including phenoxy) is 1. The van der Waals surface area contributed by atoms with Crippen LogP contribution in [0.5, 0.6) is 5.75 Å². The van der Waals surface area contributed by atoms with E-state index in [1.165, 1.54) is 23.1 Å². The maximum Gasteiger partial charge on any atom is 0.573 e. The maximum absolute atomic E-state index is 13.3. The van der Waals surface area contributed by atoms with Crippen LogP contribution >= 0.6 is 11.6 Å². The van der Waals surface area contributed by atoms with Crippen LogP contribution in [0, 0.1) is 0 Å². The summed E-state index contributed by atoms with van der Waals surface area (Å²) < 4.78 is 81.9. The van der Waals surface area contributed by atoms with Gasteiger partial charge in [-0.25, -0.2) is 0 Å². The number of para-hydroxylation sites is 2. The number of rotatable bonds is 6. The van der Waals surface area contributed by atoms with Crippen molar-refractivity contribution in [2.24, 2.45) is 0 Å². The highest BCUT2D eigenvalue weighted by Crippen LogP contribution is 2.42. The van der Waals surface area contributed by atoms with Crippen molar-refractivity contribution in [1.29, 1.82) is 0 Å². The first-order chi connectivity index (χ1) is 16.9. The van der Waals surface area contributed by atoms with Gasteiger partial charge in [-0.2, -0.15) is 13.2 Å². The SMILES string of the molecule is O[C@H](CN1c2ccccc2N(Cc2cccc(OC(F)(F)F)c2)C[C@H]1c1ccc(Cl)cc1)C(F)(F)F. The number of benzene rings is 3. The average molecular weight is 531 g/mol. The van der Waals surface area contributed by atoms with Crippen molar-refractivity contribution < 1.29 is 36.2 Å². The van der Waals surface area contributed by atoms with Crippen molar-refractivity contribution in [1.82, 2.24) is 0 Å². The number of β-amino-alcohol motifs (C(OH)–C–C–N with tert-alkyl or cyclic N) is 1. The average Bonchev–Trinajstić information content (AvgIpc) is 2.79. The van der Waals surface area contributed by atoms with Gasteiger partial charge in [0.15, 0.2) is 6.10 Å². The van der Waals surface area contributed by atoms with Crippen LogP contribution in [0.2, 0.25) is 5.02 Å². The van der Waals surface area contributed by atoms with E-state index in [0.717, 1.165) is 0 Å². The van der Waals surface area contributed by atoms with E-state index in [0.29, 0.717) is 27.5 Å². The first kappa shape index (κ1) is 26.0. The van der Waals surface area contributed by atoms with Crippen molar-refractivity contribution in [3.63, 3.8) is 0 Å². The van der Waals surface area contributed by atoms with E-state index in [9.17, 15) is 31.4 Å². The summed E-state index contributed by atoms with van der Waals surface area (Å²) in [6.07, 6.45) is -12.2. The van der Waals surface area contributed by atoms with Crippen molar-refractivity contribution in [3.05, 3.63) is 88.9 Å². The summed E-state index contributed by atoms with van der Waals surface area (Å²) in [7, 11) is 0. The summed E-state index contributed by atoms with van der Waals surface area (Å²) >= 11 is 6.00. The molecule has 0 spiro atoms. The van der Waals surface area contributed by atoms with Gasteiger partial charge < -0.3 is 19.6 Å². The van der Waals surface area contributed by atoms with E-state index in [1.54, 1.807) is 54.6 Å². The third kappa shape index (κ3) is 6.17. The van der Waals surface area contributed by atoms with Crippen molar-refractivity contribution >= 4 is 23.0 Å². The lowest BCUT2D eigenvalue weighted by atomic mass is 9.98. The van der Waals surface area contributed by atoms with Crippen molar-refractivity contribution in [2.75, 3.05) is 22.9 Å². The Morgan fingerprint density at radius 3 is 2.22 bits per heavy atom. The van der Waals surface area contributed by atoms with Gasteiger partial charge in [0.1, 0.15) is 5.75 Å². The summed E-state index contributed by atoms with van der Waals surface area (Å²) in [5.74, 6) is -0.366. The molecule has 1 heterocycles. The molecule has 11 heteroatoms. The fourth-order valence-corrected chi connectivity index (χ4v) is 4.37. The number of fused-ring (bicyclic) bond motifs is 1. The minimum atomic E-state index is -4.84. The van der Waals surface area contributed by atoms with Gasteiger partial charge in [0.05, 0.1) is 24.0 Å². The normalized spacial score (nSPS) is 17.1. The van der Waals surface area contributed by atoms with Crippen LogP contribution in [0.25, 0.3) is 0 Å². The first-order valence-corrected chi connectivity index (χ1v) is 11.2. The Kier molecular flexibility index (Phi) is 7.28. The molecular formula is C25H21ClF6N2O2. The molecule has 0 bridgehead atoms. The zero-order valence-electron chi connectivity index (χ0n) is 18.6. The molecule has 3 aromatic rings. The van der Waals surface area contributed by atoms with Crippen LogP contribution in [0.1, 0.15) is 17.2 Å². The van der Waals surface area contributed by atoms with Gasteiger partial charge in [0.2, 0.25) is 0 Å². The molecule has 2 atom stereocenters. The zero-order chi connectivity index (χ0) is 26.1. The highest BCUT2D eigenvalue weighted by Gasteiger charge is 2.42. The number of nitrogens with zero attached hydrogens (tertiary/aromatic N) is 2. The molecule has 1 N–H and O–H groups in total. The Morgan fingerprint density at radius 1 is 0.917 bits per heavy atom. The Balaban J connectivity index is 1.71. The van der Waals surface area contributed by atoms with Crippen molar-refractivity contribution in [2.45, 2.75) is 31.2 Å². The van der Waals surface area contributed by atoms with Crippen LogP contribution in [-0.4, -0.2) is 36.8 Å². The van der Waals surface area contributed by atoms with E-state index >= 15 is 0 Å². The molecule has 4 rings (SSSR count). The van der Waals surface area contributed by atoms with E-state index in [4.69, 9.17) is 11.6 Å². The Bertz CT molecular complexity index is 1190. The van der Waals surface area contributed by atoms with Gasteiger partial charge in [0, 0.05) is 18.1 Å². The largest absolute Gasteiger partial charge is 0.573 e. The lowest BCUT2D eigenvalue weighted by molar-refractivity contribution is -0.274. The second-order valence-electron chi connectivity index (χ2n) is 8.34. The molecule has 4 nitrogen and oxygen atoms in total. The number of aliphatic hydroxyl groups excluding tert-OH is 1. The molecule has 3 aromatic carbocycles. The number of hydrogen-bond acceptors (Lipinski definition) is 4. The number of hydrogen-bond donors (Lipinski definition) is 1. The molecule has 0 saturated carbocycles. The topological polar surface area (TPSA) is 35.9 Å². The molecule has 0 aliphatic carbocycles. The second-order valence-corrected chi connectivity index (χ2v) is 8.78. The highest BCUT2D eigenvalue weighted by atomic mass is 35.5. The van der Waals surface area contributed by atoms with Crippen LogP contribution in [0.4, 0.5) is 37.7 Å². The van der Waals surface area contributed by atoms with E-state index in [2.05, 4.69) is 4.74 Å². The first-order valence-electron chi connectivity index (χ1n) is 10.9. The predicted octanol–water partition coefficient (Wildman–Crippen LogP) is 6.73.